The fraction of sp³-hybridized carbons (Fsp3) is 0.462. The third-order valence-corrected chi connectivity index (χ3v) is 2.03. The van der Waals surface area contributed by atoms with Crippen LogP contribution < -0.4 is 15.8 Å². The zero-order chi connectivity index (χ0) is 13.1. The molecular formula is C13H20N2O2. The molecule has 0 unspecified atom stereocenters. The van der Waals surface area contributed by atoms with E-state index in [0.717, 1.165) is 0 Å². The molecule has 0 atom stereocenters. The maximum absolute atomic E-state index is 11.6. The predicted molar refractivity (Wildman–Crippen MR) is 69.2 cm³/mol. The first-order valence-corrected chi connectivity index (χ1v) is 5.70. The van der Waals surface area contributed by atoms with Crippen molar-refractivity contribution in [2.75, 3.05) is 12.3 Å². The lowest BCUT2D eigenvalue weighted by Gasteiger charge is -2.22. The molecule has 4 heteroatoms. The average Bonchev–Trinajstić information content (AvgIpc) is 2.19. The Kier molecular flexibility index (Phi) is 3.99. The summed E-state index contributed by atoms with van der Waals surface area (Å²) in [5.74, 6) is 0.479. The van der Waals surface area contributed by atoms with Crippen LogP contribution in [0.2, 0.25) is 0 Å². The van der Waals surface area contributed by atoms with Gasteiger partial charge < -0.3 is 15.8 Å². The van der Waals surface area contributed by atoms with Gasteiger partial charge in [-0.05, 0) is 45.9 Å². The number of benzene rings is 1. The number of amides is 1. The van der Waals surface area contributed by atoms with Gasteiger partial charge in [0.05, 0.1) is 5.69 Å². The van der Waals surface area contributed by atoms with E-state index < -0.39 is 0 Å². The van der Waals surface area contributed by atoms with E-state index in [4.69, 9.17) is 10.5 Å². The first-order chi connectivity index (χ1) is 7.83. The number of nitrogens with two attached hydrogens (primary N) is 1. The first kappa shape index (κ1) is 13.4. The molecule has 0 spiro atoms. The zero-order valence-electron chi connectivity index (χ0n) is 10.8. The van der Waals surface area contributed by atoms with E-state index in [-0.39, 0.29) is 11.5 Å². The minimum atomic E-state index is -0.304. The number of rotatable bonds is 3. The minimum absolute atomic E-state index is 0.124. The molecule has 3 N–H and O–H groups in total. The average molecular weight is 236 g/mol. The van der Waals surface area contributed by atoms with Gasteiger partial charge in [0.15, 0.2) is 0 Å². The number of hydrogen-bond donors (Lipinski definition) is 2. The van der Waals surface area contributed by atoms with Crippen LogP contribution in [0.3, 0.4) is 0 Å². The van der Waals surface area contributed by atoms with Gasteiger partial charge in [-0.25, -0.2) is 0 Å². The van der Waals surface area contributed by atoms with Crippen molar-refractivity contribution < 1.29 is 9.53 Å². The summed E-state index contributed by atoms with van der Waals surface area (Å²) in [5, 5.41) is 2.72. The lowest BCUT2D eigenvalue weighted by molar-refractivity contribution is 0.0956. The molecule has 17 heavy (non-hydrogen) atoms. The van der Waals surface area contributed by atoms with E-state index in [1.165, 1.54) is 0 Å². The highest BCUT2D eigenvalue weighted by Gasteiger charge is 2.15. The fourth-order valence-electron chi connectivity index (χ4n) is 1.38. The quantitative estimate of drug-likeness (QED) is 0.791. The van der Waals surface area contributed by atoms with Crippen molar-refractivity contribution in [1.82, 2.24) is 5.32 Å². The lowest BCUT2D eigenvalue weighted by atomic mass is 10.1. The monoisotopic (exact) mass is 236 g/mol. The normalized spacial score (nSPS) is 11.1. The molecule has 1 aromatic rings. The number of nitrogen functional groups attached to an aromatic ring is 1. The molecule has 0 aromatic heterocycles. The molecule has 0 aliphatic heterocycles. The summed E-state index contributed by atoms with van der Waals surface area (Å²) in [5.41, 5.74) is 6.58. The van der Waals surface area contributed by atoms with Gasteiger partial charge in [0.1, 0.15) is 11.4 Å². The van der Waals surface area contributed by atoms with Crippen LogP contribution in [-0.4, -0.2) is 18.1 Å². The van der Waals surface area contributed by atoms with Crippen molar-refractivity contribution in [2.45, 2.75) is 33.3 Å². The first-order valence-electron chi connectivity index (χ1n) is 5.70. The van der Waals surface area contributed by atoms with E-state index in [9.17, 15) is 4.79 Å². The second-order valence-electron chi connectivity index (χ2n) is 4.83. The molecular weight excluding hydrogens is 216 g/mol. The van der Waals surface area contributed by atoms with Crippen molar-refractivity contribution in [3.63, 3.8) is 0 Å². The highest BCUT2D eigenvalue weighted by atomic mass is 16.5. The Hall–Kier alpha value is -1.71. The van der Waals surface area contributed by atoms with E-state index in [2.05, 4.69) is 5.32 Å². The summed E-state index contributed by atoms with van der Waals surface area (Å²) in [4.78, 5) is 11.6. The van der Waals surface area contributed by atoms with E-state index in [1.807, 2.05) is 27.7 Å². The van der Waals surface area contributed by atoms with Crippen molar-refractivity contribution in [3.05, 3.63) is 23.8 Å². The Balaban J connectivity index is 2.90. The second kappa shape index (κ2) is 5.08. The highest BCUT2D eigenvalue weighted by Crippen LogP contribution is 2.26. The van der Waals surface area contributed by atoms with Gasteiger partial charge >= 0.3 is 0 Å². The Labute approximate surface area is 102 Å². The third kappa shape index (κ3) is 3.98. The molecule has 0 heterocycles. The van der Waals surface area contributed by atoms with Crippen LogP contribution in [0.25, 0.3) is 0 Å². The van der Waals surface area contributed by atoms with Crippen LogP contribution in [-0.2, 0) is 0 Å². The zero-order valence-corrected chi connectivity index (χ0v) is 10.8. The topological polar surface area (TPSA) is 64.3 Å². The molecule has 1 rings (SSSR count). The van der Waals surface area contributed by atoms with Gasteiger partial charge in [0, 0.05) is 12.1 Å². The molecule has 4 nitrogen and oxygen atoms in total. The van der Waals surface area contributed by atoms with Crippen LogP contribution in [0.15, 0.2) is 18.2 Å². The van der Waals surface area contributed by atoms with Crippen LogP contribution in [0.5, 0.6) is 5.75 Å². The van der Waals surface area contributed by atoms with Crippen LogP contribution in [0, 0.1) is 0 Å². The van der Waals surface area contributed by atoms with Crippen LogP contribution in [0.4, 0.5) is 5.69 Å². The van der Waals surface area contributed by atoms with Gasteiger partial charge in [-0.2, -0.15) is 0 Å². The number of carbonyl (C=O) groups excluding carboxylic acids is 1. The molecule has 1 amide bonds. The number of hydrogen-bond acceptors (Lipinski definition) is 3. The second-order valence-corrected chi connectivity index (χ2v) is 4.83. The molecule has 0 bridgehead atoms. The fourth-order valence-corrected chi connectivity index (χ4v) is 1.38. The van der Waals surface area contributed by atoms with Crippen LogP contribution >= 0.6 is 0 Å². The minimum Gasteiger partial charge on any atom is -0.486 e. The number of ether oxygens (including phenoxy) is 1. The molecule has 0 aliphatic carbocycles. The van der Waals surface area contributed by atoms with Crippen molar-refractivity contribution in [1.29, 1.82) is 0 Å². The Bertz CT molecular complexity index is 408. The van der Waals surface area contributed by atoms with E-state index >= 15 is 0 Å². The molecule has 0 aliphatic rings. The van der Waals surface area contributed by atoms with Gasteiger partial charge in [-0.3, -0.25) is 4.79 Å². The molecule has 0 radical (unpaired) electrons. The van der Waals surface area contributed by atoms with Gasteiger partial charge in [0.25, 0.3) is 5.91 Å². The van der Waals surface area contributed by atoms with E-state index in [0.29, 0.717) is 23.5 Å². The Morgan fingerprint density at radius 3 is 2.53 bits per heavy atom. The van der Waals surface area contributed by atoms with Crippen LogP contribution in [0.1, 0.15) is 38.1 Å². The van der Waals surface area contributed by atoms with Gasteiger partial charge in [-0.15, -0.1) is 0 Å². The van der Waals surface area contributed by atoms with Crippen molar-refractivity contribution in [3.8, 4) is 5.75 Å². The summed E-state index contributed by atoms with van der Waals surface area (Å²) in [6.45, 7) is 8.32. The predicted octanol–water partition coefficient (Wildman–Crippen LogP) is 2.20. The molecule has 0 saturated carbocycles. The molecule has 0 saturated heterocycles. The third-order valence-electron chi connectivity index (χ3n) is 2.03. The highest BCUT2D eigenvalue weighted by molar-refractivity contribution is 5.95. The van der Waals surface area contributed by atoms with Crippen molar-refractivity contribution in [2.24, 2.45) is 0 Å². The maximum Gasteiger partial charge on any atom is 0.251 e. The van der Waals surface area contributed by atoms with Gasteiger partial charge in [0.2, 0.25) is 0 Å². The molecule has 1 aromatic carbocycles. The molecule has 0 fully saturated rings. The Morgan fingerprint density at radius 1 is 1.41 bits per heavy atom. The standard InChI is InChI=1S/C13H20N2O2/c1-5-15-12(16)9-6-7-11(10(14)8-9)17-13(2,3)4/h6-8H,5,14H2,1-4H3,(H,15,16). The number of nitrogens with one attached hydrogen (secondary N) is 1. The van der Waals surface area contributed by atoms with Gasteiger partial charge in [-0.1, -0.05) is 0 Å². The maximum atomic E-state index is 11.6. The summed E-state index contributed by atoms with van der Waals surface area (Å²) >= 11 is 0. The van der Waals surface area contributed by atoms with Crippen molar-refractivity contribution >= 4 is 11.6 Å². The smallest absolute Gasteiger partial charge is 0.251 e. The summed E-state index contributed by atoms with van der Waals surface area (Å²) in [7, 11) is 0. The largest absolute Gasteiger partial charge is 0.486 e. The summed E-state index contributed by atoms with van der Waals surface area (Å²) < 4.78 is 5.67. The lowest BCUT2D eigenvalue weighted by Crippen LogP contribution is -2.24. The summed E-state index contributed by atoms with van der Waals surface area (Å²) in [6, 6.07) is 5.07. The SMILES string of the molecule is CCNC(=O)c1ccc(OC(C)(C)C)c(N)c1. The number of anilines is 1. The van der Waals surface area contributed by atoms with E-state index in [1.54, 1.807) is 18.2 Å². The number of carbonyl (C=O) groups is 1. The summed E-state index contributed by atoms with van der Waals surface area (Å²) in [6.07, 6.45) is 0. The Morgan fingerprint density at radius 2 is 2.06 bits per heavy atom. The molecule has 94 valence electrons.